The molecule has 0 fully saturated rings. The smallest absolute Gasteiger partial charge is 0.338 e. The molecular formula is C18H18N2O4. The topological polar surface area (TPSA) is 76.7 Å². The molecule has 1 heterocycles. The Morgan fingerprint density at radius 2 is 2.08 bits per heavy atom. The number of hydrogen-bond acceptors (Lipinski definition) is 5. The van der Waals surface area contributed by atoms with Crippen LogP contribution >= 0.6 is 0 Å². The summed E-state index contributed by atoms with van der Waals surface area (Å²) in [5, 5.41) is 5.82. The Kier molecular flexibility index (Phi) is 4.37. The fraction of sp³-hybridized carbons (Fsp3) is 0.222. The number of amides is 1. The number of anilines is 2. The zero-order chi connectivity index (χ0) is 17.1. The fourth-order valence-electron chi connectivity index (χ4n) is 2.42. The van der Waals surface area contributed by atoms with Crippen molar-refractivity contribution in [2.24, 2.45) is 0 Å². The average Bonchev–Trinajstić information content (AvgIpc) is 2.57. The largest absolute Gasteiger partial charge is 0.462 e. The maximum absolute atomic E-state index is 12.3. The molecule has 0 aliphatic carbocycles. The first-order chi connectivity index (χ1) is 11.6. The van der Waals surface area contributed by atoms with E-state index in [0.717, 1.165) is 11.3 Å². The van der Waals surface area contributed by atoms with Crippen LogP contribution in [0, 0.1) is 6.92 Å². The fourth-order valence-corrected chi connectivity index (χ4v) is 2.42. The van der Waals surface area contributed by atoms with E-state index >= 15 is 0 Å². The molecule has 1 amide bonds. The van der Waals surface area contributed by atoms with E-state index in [-0.39, 0.29) is 5.91 Å². The molecule has 2 N–H and O–H groups in total. The van der Waals surface area contributed by atoms with Gasteiger partial charge in [-0.1, -0.05) is 18.2 Å². The summed E-state index contributed by atoms with van der Waals surface area (Å²) in [5.41, 5.74) is 2.65. The lowest BCUT2D eigenvalue weighted by Crippen LogP contribution is -2.42. The van der Waals surface area contributed by atoms with E-state index in [0.29, 0.717) is 23.6 Å². The predicted octanol–water partition coefficient (Wildman–Crippen LogP) is 2.94. The highest BCUT2D eigenvalue weighted by Gasteiger charge is 2.28. The first-order valence-electron chi connectivity index (χ1n) is 7.69. The van der Waals surface area contributed by atoms with Crippen LogP contribution < -0.4 is 15.4 Å². The van der Waals surface area contributed by atoms with Crippen molar-refractivity contribution >= 4 is 23.3 Å². The first kappa shape index (κ1) is 15.9. The third-order valence-electron chi connectivity index (χ3n) is 3.66. The highest BCUT2D eigenvalue weighted by molar-refractivity contribution is 6.00. The molecule has 2 aromatic carbocycles. The predicted molar refractivity (Wildman–Crippen MR) is 90.2 cm³/mol. The summed E-state index contributed by atoms with van der Waals surface area (Å²) in [5.74, 6) is -0.268. The van der Waals surface area contributed by atoms with Crippen molar-refractivity contribution < 1.29 is 19.1 Å². The Balaban J connectivity index is 1.79. The number of aryl methyl sites for hydroxylation is 1. The first-order valence-corrected chi connectivity index (χ1v) is 7.69. The van der Waals surface area contributed by atoms with E-state index < -0.39 is 12.2 Å². The summed E-state index contributed by atoms with van der Waals surface area (Å²) in [6.45, 7) is 3.98. The maximum Gasteiger partial charge on any atom is 0.338 e. The minimum atomic E-state index is -0.841. The Morgan fingerprint density at radius 3 is 2.83 bits per heavy atom. The van der Waals surface area contributed by atoms with Crippen molar-refractivity contribution in [2.75, 3.05) is 17.2 Å². The summed E-state index contributed by atoms with van der Waals surface area (Å²) in [7, 11) is 0. The number of fused-ring (bicyclic) bond motifs is 1. The van der Waals surface area contributed by atoms with E-state index in [1.807, 2.05) is 31.2 Å². The van der Waals surface area contributed by atoms with Gasteiger partial charge >= 0.3 is 5.97 Å². The third kappa shape index (κ3) is 3.17. The molecule has 24 heavy (non-hydrogen) atoms. The zero-order valence-electron chi connectivity index (χ0n) is 13.5. The van der Waals surface area contributed by atoms with Gasteiger partial charge in [0.05, 0.1) is 17.9 Å². The minimum absolute atomic E-state index is 0.293. The normalized spacial score (nSPS) is 15.8. The van der Waals surface area contributed by atoms with Gasteiger partial charge in [0.1, 0.15) is 5.75 Å². The molecule has 3 rings (SSSR count). The molecule has 6 nitrogen and oxygen atoms in total. The van der Waals surface area contributed by atoms with Crippen LogP contribution in [-0.4, -0.2) is 24.7 Å². The Bertz CT molecular complexity index is 788. The van der Waals surface area contributed by atoms with Gasteiger partial charge in [0.25, 0.3) is 5.91 Å². The molecule has 0 saturated carbocycles. The number of benzene rings is 2. The van der Waals surface area contributed by atoms with Crippen LogP contribution in [0.3, 0.4) is 0 Å². The minimum Gasteiger partial charge on any atom is -0.462 e. The molecule has 1 unspecified atom stereocenters. The molecule has 1 aliphatic heterocycles. The summed E-state index contributed by atoms with van der Waals surface area (Å²) in [4.78, 5) is 24.0. The van der Waals surface area contributed by atoms with E-state index in [1.165, 1.54) is 0 Å². The number of para-hydroxylation sites is 1. The molecule has 0 saturated heterocycles. The molecule has 1 atom stereocenters. The van der Waals surface area contributed by atoms with Crippen molar-refractivity contribution in [1.29, 1.82) is 0 Å². The molecule has 0 bridgehead atoms. The monoisotopic (exact) mass is 326 g/mol. The Labute approximate surface area is 139 Å². The van der Waals surface area contributed by atoms with Gasteiger partial charge in [-0.2, -0.15) is 0 Å². The van der Waals surface area contributed by atoms with Crippen LogP contribution in [-0.2, 0) is 9.53 Å². The van der Waals surface area contributed by atoms with Crippen LogP contribution in [0.4, 0.5) is 11.4 Å². The van der Waals surface area contributed by atoms with Gasteiger partial charge in [0.2, 0.25) is 6.23 Å². The molecule has 0 aromatic heterocycles. The molecule has 124 valence electrons. The average molecular weight is 326 g/mol. The standard InChI is InChI=1S/C18H18N2O4/c1-3-23-18(22)12-8-9-15-14(10-12)19-16(21)17(24-15)20-13-7-5-4-6-11(13)2/h4-10,17,20H,3H2,1-2H3,(H,19,21). The van der Waals surface area contributed by atoms with Gasteiger partial charge < -0.3 is 20.1 Å². The van der Waals surface area contributed by atoms with Crippen LogP contribution in [0.5, 0.6) is 5.75 Å². The maximum atomic E-state index is 12.3. The van der Waals surface area contributed by atoms with Gasteiger partial charge in [-0.3, -0.25) is 4.79 Å². The van der Waals surface area contributed by atoms with Gasteiger partial charge in [-0.25, -0.2) is 4.79 Å². The zero-order valence-corrected chi connectivity index (χ0v) is 13.5. The summed E-state index contributed by atoms with van der Waals surface area (Å²) in [6.07, 6.45) is -0.841. The number of ether oxygens (including phenoxy) is 2. The summed E-state index contributed by atoms with van der Waals surface area (Å²) >= 11 is 0. The second-order valence-electron chi connectivity index (χ2n) is 5.38. The summed E-state index contributed by atoms with van der Waals surface area (Å²) < 4.78 is 10.7. The lowest BCUT2D eigenvalue weighted by molar-refractivity contribution is -0.122. The SMILES string of the molecule is CCOC(=O)c1ccc2c(c1)NC(=O)C(Nc1ccccc1C)O2. The van der Waals surface area contributed by atoms with Crippen molar-refractivity contribution in [3.8, 4) is 5.75 Å². The lowest BCUT2D eigenvalue weighted by atomic mass is 10.1. The molecule has 2 aromatic rings. The van der Waals surface area contributed by atoms with E-state index in [9.17, 15) is 9.59 Å². The van der Waals surface area contributed by atoms with Crippen molar-refractivity contribution in [3.05, 3.63) is 53.6 Å². The Hall–Kier alpha value is -3.02. The van der Waals surface area contributed by atoms with Crippen molar-refractivity contribution in [1.82, 2.24) is 0 Å². The second kappa shape index (κ2) is 6.62. The third-order valence-corrected chi connectivity index (χ3v) is 3.66. The molecule has 6 heteroatoms. The van der Waals surface area contributed by atoms with E-state index in [2.05, 4.69) is 10.6 Å². The lowest BCUT2D eigenvalue weighted by Gasteiger charge is -2.27. The Morgan fingerprint density at radius 1 is 1.29 bits per heavy atom. The highest BCUT2D eigenvalue weighted by atomic mass is 16.5. The number of nitrogens with one attached hydrogen (secondary N) is 2. The number of esters is 1. The molecule has 1 aliphatic rings. The van der Waals surface area contributed by atoms with Crippen LogP contribution in [0.15, 0.2) is 42.5 Å². The van der Waals surface area contributed by atoms with Crippen LogP contribution in [0.2, 0.25) is 0 Å². The van der Waals surface area contributed by atoms with Gasteiger partial charge in [0, 0.05) is 5.69 Å². The number of carbonyl (C=O) groups is 2. The second-order valence-corrected chi connectivity index (χ2v) is 5.38. The van der Waals surface area contributed by atoms with Crippen LogP contribution in [0.1, 0.15) is 22.8 Å². The quantitative estimate of drug-likeness (QED) is 0.845. The van der Waals surface area contributed by atoms with Gasteiger partial charge in [-0.05, 0) is 43.7 Å². The highest BCUT2D eigenvalue weighted by Crippen LogP contribution is 2.31. The van der Waals surface area contributed by atoms with Crippen molar-refractivity contribution in [2.45, 2.75) is 20.1 Å². The number of rotatable bonds is 4. The molecule has 0 radical (unpaired) electrons. The van der Waals surface area contributed by atoms with Gasteiger partial charge in [-0.15, -0.1) is 0 Å². The molecule has 0 spiro atoms. The van der Waals surface area contributed by atoms with E-state index in [1.54, 1.807) is 25.1 Å². The number of hydrogen-bond donors (Lipinski definition) is 2. The van der Waals surface area contributed by atoms with Crippen molar-refractivity contribution in [3.63, 3.8) is 0 Å². The van der Waals surface area contributed by atoms with E-state index in [4.69, 9.17) is 9.47 Å². The van der Waals surface area contributed by atoms with Gasteiger partial charge in [0.15, 0.2) is 0 Å². The summed E-state index contributed by atoms with van der Waals surface area (Å²) in [6, 6.07) is 12.4. The molecular weight excluding hydrogens is 308 g/mol. The van der Waals surface area contributed by atoms with Crippen LogP contribution in [0.25, 0.3) is 0 Å². The number of carbonyl (C=O) groups excluding carboxylic acids is 2.